The Labute approximate surface area is 81.6 Å². The largest absolute Gasteiger partial charge is 0.324 e. The third kappa shape index (κ3) is 1.75. The lowest BCUT2D eigenvalue weighted by Crippen LogP contribution is -1.90. The molecule has 2 aromatic heterocycles. The molecular formula is C10H10N2S. The van der Waals surface area contributed by atoms with Crippen molar-refractivity contribution in [2.75, 3.05) is 6.26 Å². The van der Waals surface area contributed by atoms with Crippen molar-refractivity contribution >= 4 is 11.8 Å². The van der Waals surface area contributed by atoms with Crippen LogP contribution in [0.5, 0.6) is 0 Å². The SMILES string of the molecule is CSc1cc(-n2cccc2)ccn1. The van der Waals surface area contributed by atoms with Gasteiger partial charge in [-0.05, 0) is 30.5 Å². The van der Waals surface area contributed by atoms with Crippen LogP contribution in [0.4, 0.5) is 0 Å². The number of hydrogen-bond donors (Lipinski definition) is 0. The van der Waals surface area contributed by atoms with Crippen LogP contribution in [-0.4, -0.2) is 15.8 Å². The van der Waals surface area contributed by atoms with Gasteiger partial charge in [0, 0.05) is 24.3 Å². The Bertz CT molecular complexity index is 382. The van der Waals surface area contributed by atoms with Crippen molar-refractivity contribution < 1.29 is 0 Å². The van der Waals surface area contributed by atoms with E-state index in [1.54, 1.807) is 11.8 Å². The Morgan fingerprint density at radius 1 is 1.31 bits per heavy atom. The van der Waals surface area contributed by atoms with Gasteiger partial charge in [0.25, 0.3) is 0 Å². The molecule has 0 aliphatic carbocycles. The van der Waals surface area contributed by atoms with Crippen molar-refractivity contribution in [2.24, 2.45) is 0 Å². The van der Waals surface area contributed by atoms with E-state index in [-0.39, 0.29) is 0 Å². The van der Waals surface area contributed by atoms with Crippen LogP contribution in [0.25, 0.3) is 5.69 Å². The normalized spacial score (nSPS) is 10.2. The Morgan fingerprint density at radius 2 is 2.08 bits per heavy atom. The van der Waals surface area contributed by atoms with Gasteiger partial charge >= 0.3 is 0 Å². The first-order chi connectivity index (χ1) is 6.40. The Hall–Kier alpha value is -1.22. The fourth-order valence-electron chi connectivity index (χ4n) is 1.18. The molecule has 66 valence electrons. The minimum Gasteiger partial charge on any atom is -0.324 e. The van der Waals surface area contributed by atoms with Crippen molar-refractivity contribution in [3.63, 3.8) is 0 Å². The zero-order valence-electron chi connectivity index (χ0n) is 7.34. The molecule has 0 bridgehead atoms. The van der Waals surface area contributed by atoms with E-state index in [9.17, 15) is 0 Å². The third-order valence-corrected chi connectivity index (χ3v) is 2.47. The van der Waals surface area contributed by atoms with E-state index in [1.807, 2.05) is 43.0 Å². The molecule has 0 N–H and O–H groups in total. The molecule has 0 aliphatic rings. The molecule has 0 amide bonds. The van der Waals surface area contributed by atoms with E-state index in [4.69, 9.17) is 0 Å². The van der Waals surface area contributed by atoms with Crippen molar-refractivity contribution in [1.29, 1.82) is 0 Å². The quantitative estimate of drug-likeness (QED) is 0.677. The summed E-state index contributed by atoms with van der Waals surface area (Å²) in [4.78, 5) is 4.22. The Morgan fingerprint density at radius 3 is 2.77 bits per heavy atom. The maximum Gasteiger partial charge on any atom is 0.0978 e. The second kappa shape index (κ2) is 3.66. The predicted octanol–water partition coefficient (Wildman–Crippen LogP) is 2.59. The lowest BCUT2D eigenvalue weighted by molar-refractivity contribution is 1.03. The molecular weight excluding hydrogens is 180 g/mol. The highest BCUT2D eigenvalue weighted by Gasteiger charge is 1.96. The van der Waals surface area contributed by atoms with Gasteiger partial charge in [0.05, 0.1) is 5.03 Å². The van der Waals surface area contributed by atoms with Crippen LogP contribution in [-0.2, 0) is 0 Å². The molecule has 13 heavy (non-hydrogen) atoms. The maximum absolute atomic E-state index is 4.22. The van der Waals surface area contributed by atoms with Crippen LogP contribution in [0, 0.1) is 0 Å². The van der Waals surface area contributed by atoms with Gasteiger partial charge in [0.15, 0.2) is 0 Å². The summed E-state index contributed by atoms with van der Waals surface area (Å²) < 4.78 is 2.07. The van der Waals surface area contributed by atoms with Crippen LogP contribution in [0.3, 0.4) is 0 Å². The van der Waals surface area contributed by atoms with Gasteiger partial charge in [-0.15, -0.1) is 11.8 Å². The van der Waals surface area contributed by atoms with E-state index >= 15 is 0 Å². The Kier molecular flexibility index (Phi) is 2.36. The smallest absolute Gasteiger partial charge is 0.0978 e. The van der Waals surface area contributed by atoms with E-state index in [0.29, 0.717) is 0 Å². The van der Waals surface area contributed by atoms with Gasteiger partial charge in [-0.1, -0.05) is 0 Å². The van der Waals surface area contributed by atoms with Crippen LogP contribution in [0.2, 0.25) is 0 Å². The van der Waals surface area contributed by atoms with Gasteiger partial charge in [-0.2, -0.15) is 0 Å². The van der Waals surface area contributed by atoms with Gasteiger partial charge < -0.3 is 4.57 Å². The Balaban J connectivity index is 2.41. The molecule has 0 saturated carbocycles. The van der Waals surface area contributed by atoms with Crippen molar-refractivity contribution in [1.82, 2.24) is 9.55 Å². The summed E-state index contributed by atoms with van der Waals surface area (Å²) in [6.07, 6.45) is 7.92. The lowest BCUT2D eigenvalue weighted by Gasteiger charge is -2.03. The molecule has 0 unspecified atom stereocenters. The van der Waals surface area contributed by atoms with Gasteiger partial charge in [-0.25, -0.2) is 4.98 Å². The van der Waals surface area contributed by atoms with Crippen LogP contribution in [0.15, 0.2) is 47.9 Å². The monoisotopic (exact) mass is 190 g/mol. The molecule has 0 aromatic carbocycles. The standard InChI is InChI=1S/C10H10N2S/c1-13-10-8-9(4-5-11-10)12-6-2-3-7-12/h2-8H,1H3. The zero-order chi connectivity index (χ0) is 9.10. The summed E-state index contributed by atoms with van der Waals surface area (Å²) in [6.45, 7) is 0. The molecule has 2 aromatic rings. The van der Waals surface area contributed by atoms with E-state index in [1.165, 1.54) is 0 Å². The molecule has 0 aliphatic heterocycles. The fraction of sp³-hybridized carbons (Fsp3) is 0.100. The molecule has 2 rings (SSSR count). The van der Waals surface area contributed by atoms with Gasteiger partial charge in [0.1, 0.15) is 0 Å². The predicted molar refractivity (Wildman–Crippen MR) is 55.3 cm³/mol. The molecule has 0 fully saturated rings. The van der Waals surface area contributed by atoms with Crippen LogP contribution in [0.1, 0.15) is 0 Å². The first-order valence-corrected chi connectivity index (χ1v) is 5.26. The first-order valence-electron chi connectivity index (χ1n) is 4.03. The zero-order valence-corrected chi connectivity index (χ0v) is 8.16. The highest BCUT2D eigenvalue weighted by molar-refractivity contribution is 7.98. The van der Waals surface area contributed by atoms with Gasteiger partial charge in [-0.3, -0.25) is 0 Å². The maximum atomic E-state index is 4.22. The molecule has 0 radical (unpaired) electrons. The summed E-state index contributed by atoms with van der Waals surface area (Å²) in [7, 11) is 0. The van der Waals surface area contributed by atoms with E-state index in [2.05, 4.69) is 15.6 Å². The van der Waals surface area contributed by atoms with Crippen molar-refractivity contribution in [2.45, 2.75) is 5.03 Å². The number of rotatable bonds is 2. The molecule has 0 saturated heterocycles. The molecule has 0 spiro atoms. The topological polar surface area (TPSA) is 17.8 Å². The molecule has 2 nitrogen and oxygen atoms in total. The van der Waals surface area contributed by atoms with Crippen LogP contribution >= 0.6 is 11.8 Å². The number of thioether (sulfide) groups is 1. The summed E-state index contributed by atoms with van der Waals surface area (Å²) in [5.74, 6) is 0. The lowest BCUT2D eigenvalue weighted by atomic mass is 10.4. The minimum atomic E-state index is 1.05. The third-order valence-electron chi connectivity index (χ3n) is 1.83. The fourth-order valence-corrected chi connectivity index (χ4v) is 1.58. The average Bonchev–Trinajstić information content (AvgIpc) is 2.71. The average molecular weight is 190 g/mol. The highest BCUT2D eigenvalue weighted by Crippen LogP contribution is 2.15. The molecule has 0 atom stereocenters. The number of pyridine rings is 1. The summed E-state index contributed by atoms with van der Waals surface area (Å²) in [6, 6.07) is 8.10. The van der Waals surface area contributed by atoms with Crippen LogP contribution < -0.4 is 0 Å². The summed E-state index contributed by atoms with van der Waals surface area (Å²) >= 11 is 1.66. The minimum absolute atomic E-state index is 1.05. The highest BCUT2D eigenvalue weighted by atomic mass is 32.2. The first kappa shape index (κ1) is 8.38. The molecule has 3 heteroatoms. The van der Waals surface area contributed by atoms with Crippen molar-refractivity contribution in [3.05, 3.63) is 42.9 Å². The molecule has 2 heterocycles. The van der Waals surface area contributed by atoms with E-state index in [0.717, 1.165) is 10.7 Å². The number of hydrogen-bond acceptors (Lipinski definition) is 2. The van der Waals surface area contributed by atoms with Crippen molar-refractivity contribution in [3.8, 4) is 5.69 Å². The number of nitrogens with zero attached hydrogens (tertiary/aromatic N) is 2. The summed E-state index contributed by atoms with van der Waals surface area (Å²) in [5.41, 5.74) is 1.16. The van der Waals surface area contributed by atoms with Gasteiger partial charge in [0.2, 0.25) is 0 Å². The number of aromatic nitrogens is 2. The summed E-state index contributed by atoms with van der Waals surface area (Å²) in [5, 5.41) is 1.05. The second-order valence-corrected chi connectivity index (χ2v) is 3.47. The van der Waals surface area contributed by atoms with E-state index < -0.39 is 0 Å². The second-order valence-electron chi connectivity index (χ2n) is 2.65.